The van der Waals surface area contributed by atoms with Crippen LogP contribution >= 0.6 is 0 Å². The van der Waals surface area contributed by atoms with Crippen molar-refractivity contribution >= 4 is 11.8 Å². The molecule has 1 rings (SSSR count). The summed E-state index contributed by atoms with van der Waals surface area (Å²) in [6, 6.07) is -0.230. The summed E-state index contributed by atoms with van der Waals surface area (Å²) in [5.74, 6) is 0.0920. The van der Waals surface area contributed by atoms with Crippen LogP contribution < -0.4 is 5.32 Å². The first-order chi connectivity index (χ1) is 8.43. The van der Waals surface area contributed by atoms with Gasteiger partial charge in [0.25, 0.3) is 0 Å². The van der Waals surface area contributed by atoms with E-state index in [1.807, 2.05) is 34.6 Å². The second kappa shape index (κ2) is 5.72. The highest BCUT2D eigenvalue weighted by molar-refractivity contribution is 5.99. The van der Waals surface area contributed by atoms with Gasteiger partial charge in [-0.1, -0.05) is 27.2 Å². The van der Waals surface area contributed by atoms with Crippen molar-refractivity contribution in [3.63, 3.8) is 0 Å². The van der Waals surface area contributed by atoms with Crippen molar-refractivity contribution in [2.45, 2.75) is 77.9 Å². The fourth-order valence-electron chi connectivity index (χ4n) is 2.75. The third kappa shape index (κ3) is 2.38. The smallest absolute Gasteiger partial charge is 0.249 e. The van der Waals surface area contributed by atoms with Crippen molar-refractivity contribution in [2.24, 2.45) is 0 Å². The van der Waals surface area contributed by atoms with Crippen LogP contribution in [-0.4, -0.2) is 34.3 Å². The fraction of sp³-hybridized carbons (Fsp3) is 0.857. The lowest BCUT2D eigenvalue weighted by atomic mass is 9.85. The van der Waals surface area contributed by atoms with Crippen LogP contribution in [0.25, 0.3) is 0 Å². The second-order valence-corrected chi connectivity index (χ2v) is 5.39. The van der Waals surface area contributed by atoms with E-state index in [2.05, 4.69) is 5.32 Å². The molecule has 18 heavy (non-hydrogen) atoms. The van der Waals surface area contributed by atoms with Gasteiger partial charge in [0.05, 0.1) is 0 Å². The third-order valence-corrected chi connectivity index (χ3v) is 3.97. The zero-order valence-electron chi connectivity index (χ0n) is 12.2. The van der Waals surface area contributed by atoms with Gasteiger partial charge in [-0.3, -0.25) is 9.59 Å². The highest BCUT2D eigenvalue weighted by atomic mass is 16.2. The summed E-state index contributed by atoms with van der Waals surface area (Å²) >= 11 is 0. The topological polar surface area (TPSA) is 49.4 Å². The van der Waals surface area contributed by atoms with Crippen LogP contribution in [-0.2, 0) is 9.59 Å². The number of nitrogens with one attached hydrogen (secondary N) is 1. The van der Waals surface area contributed by atoms with Crippen molar-refractivity contribution < 1.29 is 9.59 Å². The Hall–Kier alpha value is -1.06. The van der Waals surface area contributed by atoms with Crippen LogP contribution in [0, 0.1) is 0 Å². The van der Waals surface area contributed by atoms with Gasteiger partial charge >= 0.3 is 0 Å². The molecule has 0 aromatic rings. The summed E-state index contributed by atoms with van der Waals surface area (Å²) < 4.78 is 0. The molecule has 0 bridgehead atoms. The maximum Gasteiger partial charge on any atom is 0.249 e. The number of carbonyl (C=O) groups is 2. The number of hydrogen-bond donors (Lipinski definition) is 1. The van der Waals surface area contributed by atoms with E-state index in [0.717, 1.165) is 12.8 Å². The van der Waals surface area contributed by atoms with Crippen LogP contribution in [0.3, 0.4) is 0 Å². The number of hydrogen-bond acceptors (Lipinski definition) is 2. The summed E-state index contributed by atoms with van der Waals surface area (Å²) in [5, 5.41) is 2.97. The predicted octanol–water partition coefficient (Wildman–Crippen LogP) is 2.08. The molecule has 1 saturated heterocycles. The monoisotopic (exact) mass is 254 g/mol. The third-order valence-electron chi connectivity index (χ3n) is 3.97. The zero-order valence-corrected chi connectivity index (χ0v) is 12.2. The zero-order chi connectivity index (χ0) is 13.9. The Kier molecular flexibility index (Phi) is 4.77. The fourth-order valence-corrected chi connectivity index (χ4v) is 2.75. The molecule has 0 aromatic heterocycles. The molecular weight excluding hydrogens is 228 g/mol. The molecule has 104 valence electrons. The first kappa shape index (κ1) is 15.0. The van der Waals surface area contributed by atoms with Crippen LogP contribution in [0.2, 0.25) is 0 Å². The second-order valence-electron chi connectivity index (χ2n) is 5.39. The summed E-state index contributed by atoms with van der Waals surface area (Å²) in [6.07, 6.45) is 2.94. The molecule has 1 fully saturated rings. The van der Waals surface area contributed by atoms with Crippen molar-refractivity contribution in [1.29, 1.82) is 0 Å². The minimum atomic E-state index is -0.689. The molecule has 0 aromatic carbocycles. The summed E-state index contributed by atoms with van der Waals surface area (Å²) in [6.45, 7) is 9.92. The van der Waals surface area contributed by atoms with Crippen LogP contribution in [0.1, 0.15) is 60.3 Å². The number of rotatable bonds is 5. The van der Waals surface area contributed by atoms with E-state index in [1.165, 1.54) is 0 Å². The number of carbonyl (C=O) groups excluding carboxylic acids is 2. The lowest BCUT2D eigenvalue weighted by Gasteiger charge is -2.47. The van der Waals surface area contributed by atoms with Crippen LogP contribution in [0.4, 0.5) is 0 Å². The molecule has 1 atom stereocenters. The maximum atomic E-state index is 12.7. The van der Waals surface area contributed by atoms with Crippen LogP contribution in [0.5, 0.6) is 0 Å². The molecule has 0 radical (unpaired) electrons. The molecule has 2 amide bonds. The Balaban J connectivity index is 3.12. The average molecular weight is 254 g/mol. The van der Waals surface area contributed by atoms with E-state index in [1.54, 1.807) is 4.90 Å². The van der Waals surface area contributed by atoms with Crippen molar-refractivity contribution in [3.8, 4) is 0 Å². The molecule has 4 heteroatoms. The molecular formula is C14H26N2O2. The summed E-state index contributed by atoms with van der Waals surface area (Å²) in [4.78, 5) is 26.8. The van der Waals surface area contributed by atoms with Crippen molar-refractivity contribution in [3.05, 3.63) is 0 Å². The van der Waals surface area contributed by atoms with Gasteiger partial charge in [-0.2, -0.15) is 0 Å². The Morgan fingerprint density at radius 2 is 1.78 bits per heavy atom. The minimum Gasteiger partial charge on any atom is -0.340 e. The highest BCUT2D eigenvalue weighted by Gasteiger charge is 2.49. The Bertz CT molecular complexity index is 322. The van der Waals surface area contributed by atoms with E-state index in [4.69, 9.17) is 0 Å². The van der Waals surface area contributed by atoms with E-state index in [9.17, 15) is 9.59 Å². The Labute approximate surface area is 110 Å². The normalized spacial score (nSPS) is 23.4. The standard InChI is InChI=1S/C14H26N2O2/c1-6-9-11-12(17)15-14(7-2,8-3)13(18)16(11)10(4)5/h10-11H,6-9H2,1-5H3,(H,15,17). The van der Waals surface area contributed by atoms with Gasteiger partial charge < -0.3 is 10.2 Å². The van der Waals surface area contributed by atoms with Gasteiger partial charge in [0.2, 0.25) is 11.8 Å². The van der Waals surface area contributed by atoms with Gasteiger partial charge in [-0.15, -0.1) is 0 Å². The lowest BCUT2D eigenvalue weighted by molar-refractivity contribution is -0.158. The number of nitrogens with zero attached hydrogens (tertiary/aromatic N) is 1. The number of piperazine rings is 1. The van der Waals surface area contributed by atoms with Gasteiger partial charge in [-0.25, -0.2) is 0 Å². The molecule has 4 nitrogen and oxygen atoms in total. The first-order valence-corrected chi connectivity index (χ1v) is 7.08. The van der Waals surface area contributed by atoms with Crippen molar-refractivity contribution in [2.75, 3.05) is 0 Å². The predicted molar refractivity (Wildman–Crippen MR) is 72.1 cm³/mol. The van der Waals surface area contributed by atoms with Gasteiger partial charge in [0, 0.05) is 6.04 Å². The molecule has 1 heterocycles. The minimum absolute atomic E-state index is 0.00819. The largest absolute Gasteiger partial charge is 0.340 e. The van der Waals surface area contributed by atoms with Crippen molar-refractivity contribution in [1.82, 2.24) is 10.2 Å². The first-order valence-electron chi connectivity index (χ1n) is 7.08. The average Bonchev–Trinajstić information content (AvgIpc) is 2.33. The molecule has 1 aliphatic rings. The Morgan fingerprint density at radius 3 is 2.17 bits per heavy atom. The highest BCUT2D eigenvalue weighted by Crippen LogP contribution is 2.28. The van der Waals surface area contributed by atoms with E-state index in [-0.39, 0.29) is 23.9 Å². The van der Waals surface area contributed by atoms with Gasteiger partial charge in [0.1, 0.15) is 11.6 Å². The summed E-state index contributed by atoms with van der Waals surface area (Å²) in [7, 11) is 0. The summed E-state index contributed by atoms with van der Waals surface area (Å²) in [5.41, 5.74) is -0.689. The SMILES string of the molecule is CCCC1C(=O)NC(CC)(CC)C(=O)N1C(C)C. The quantitative estimate of drug-likeness (QED) is 0.816. The van der Waals surface area contributed by atoms with E-state index < -0.39 is 5.54 Å². The maximum absolute atomic E-state index is 12.7. The molecule has 0 saturated carbocycles. The molecule has 1 aliphatic heterocycles. The van der Waals surface area contributed by atoms with Gasteiger partial charge in [0.15, 0.2) is 0 Å². The molecule has 0 aliphatic carbocycles. The Morgan fingerprint density at radius 1 is 1.22 bits per heavy atom. The molecule has 1 unspecified atom stereocenters. The van der Waals surface area contributed by atoms with Gasteiger partial charge in [-0.05, 0) is 33.1 Å². The number of amides is 2. The lowest BCUT2D eigenvalue weighted by Crippen LogP contribution is -2.71. The molecule has 1 N–H and O–H groups in total. The van der Waals surface area contributed by atoms with E-state index in [0.29, 0.717) is 12.8 Å². The molecule has 0 spiro atoms. The van der Waals surface area contributed by atoms with E-state index >= 15 is 0 Å². The van der Waals surface area contributed by atoms with Crippen LogP contribution in [0.15, 0.2) is 0 Å².